The Labute approximate surface area is 438 Å². The molecule has 5 N–H and O–H groups in total. The molecule has 1 fully saturated rings. The summed E-state index contributed by atoms with van der Waals surface area (Å²) in [7, 11) is 0. The summed E-state index contributed by atoms with van der Waals surface area (Å²) in [6.07, 6.45) is 0.913. The summed E-state index contributed by atoms with van der Waals surface area (Å²) < 4.78 is 71.7. The maximum atomic E-state index is 12.7. The Bertz CT molecular complexity index is 2390. The summed E-state index contributed by atoms with van der Waals surface area (Å²) in [4.78, 5) is 105. The maximum Gasteiger partial charge on any atom is 0.349 e. The summed E-state index contributed by atoms with van der Waals surface area (Å²) in [5.74, 6) is -2.95. The molecule has 0 aliphatic carbocycles. The number of aromatic nitrogens is 1. The number of carbonyl (C=O) groups excluding carboxylic acids is 7. The van der Waals surface area contributed by atoms with Crippen LogP contribution in [0.25, 0.3) is 11.0 Å². The van der Waals surface area contributed by atoms with Crippen molar-refractivity contribution in [3.63, 3.8) is 0 Å². The zero-order valence-electron chi connectivity index (χ0n) is 41.8. The lowest BCUT2D eigenvalue weighted by molar-refractivity contribution is -0.198. The third-order valence-corrected chi connectivity index (χ3v) is 11.6. The molecule has 3 aromatic rings. The van der Waals surface area contributed by atoms with Crippen LogP contribution in [0.3, 0.4) is 0 Å². The van der Waals surface area contributed by atoms with Gasteiger partial charge in [-0.05, 0) is 38.0 Å². The topological polar surface area (TPSA) is 338 Å². The van der Waals surface area contributed by atoms with E-state index in [1.54, 1.807) is 19.1 Å². The predicted molar refractivity (Wildman–Crippen MR) is 267 cm³/mol. The standard InChI is InChI=1S/C46H65N7O20S2/c1-32-43(51-46(74-32)50-33(2)54)52(75(62)63)14-9-38(55)47-11-3-15-64-19-23-68-24-20-65-16-4-12-49-44(60)36-29-34-5-6-35(30-37(34)72-45(36)61)71-31-39(56)48-13-18-67-22-26-70-28-27-69-25-21-66-17-10-42(59)73-53-40(57)7-8-41(53)58/h5-6,29-30H,3-4,7-28,31H2,1-2H3,(H,47,55)(H,48,56)(H,49,60)(H,62,63)(H,50,51,54). The number of benzene rings is 1. The number of thiazole rings is 1. The van der Waals surface area contributed by atoms with Gasteiger partial charge in [0.1, 0.15) is 16.9 Å². The van der Waals surface area contributed by atoms with E-state index in [0.29, 0.717) is 106 Å². The van der Waals surface area contributed by atoms with Crippen molar-refractivity contribution in [1.29, 1.82) is 0 Å². The molecule has 416 valence electrons. The molecule has 6 amide bonds. The average Bonchev–Trinajstić information content (AvgIpc) is 3.89. The normalized spacial score (nSPS) is 12.7. The Morgan fingerprint density at radius 3 is 1.89 bits per heavy atom. The second-order valence-electron chi connectivity index (χ2n) is 15.8. The number of nitrogens with one attached hydrogen (secondary N) is 4. The minimum atomic E-state index is -2.42. The highest BCUT2D eigenvalue weighted by Gasteiger charge is 2.32. The van der Waals surface area contributed by atoms with E-state index in [9.17, 15) is 47.1 Å². The van der Waals surface area contributed by atoms with Crippen molar-refractivity contribution < 1.29 is 89.5 Å². The highest BCUT2D eigenvalue weighted by Crippen LogP contribution is 2.30. The van der Waals surface area contributed by atoms with Crippen molar-refractivity contribution in [3.8, 4) is 5.75 Å². The minimum absolute atomic E-state index is 0.0270. The highest BCUT2D eigenvalue weighted by molar-refractivity contribution is 7.80. The van der Waals surface area contributed by atoms with Crippen LogP contribution >= 0.6 is 11.3 Å². The molecule has 0 spiro atoms. The Morgan fingerprint density at radius 2 is 1.29 bits per heavy atom. The second-order valence-corrected chi connectivity index (χ2v) is 17.9. The van der Waals surface area contributed by atoms with Crippen molar-refractivity contribution in [2.45, 2.75) is 52.4 Å². The number of aryl methyl sites for hydroxylation is 1. The number of amides is 6. The fourth-order valence-electron chi connectivity index (χ4n) is 6.31. The Kier molecular flexibility index (Phi) is 28.9. The van der Waals surface area contributed by atoms with Crippen molar-refractivity contribution in [2.24, 2.45) is 0 Å². The number of hydroxylamine groups is 2. The fraction of sp³-hybridized carbons (Fsp3) is 0.587. The van der Waals surface area contributed by atoms with Crippen LogP contribution in [0.5, 0.6) is 5.75 Å². The molecule has 1 unspecified atom stereocenters. The summed E-state index contributed by atoms with van der Waals surface area (Å²) in [5.41, 5.74) is -0.833. The fourth-order valence-corrected chi connectivity index (χ4v) is 7.81. The van der Waals surface area contributed by atoms with Crippen LogP contribution < -0.4 is 35.9 Å². The van der Waals surface area contributed by atoms with Crippen LogP contribution in [0.4, 0.5) is 10.9 Å². The third-order valence-electron chi connectivity index (χ3n) is 9.96. The van der Waals surface area contributed by atoms with Gasteiger partial charge in [-0.25, -0.2) is 18.8 Å². The number of hydrogen-bond acceptors (Lipinski definition) is 21. The van der Waals surface area contributed by atoms with Crippen LogP contribution in [-0.4, -0.2) is 186 Å². The lowest BCUT2D eigenvalue weighted by atomic mass is 10.1. The highest BCUT2D eigenvalue weighted by atomic mass is 32.2. The molecule has 4 rings (SSSR count). The van der Waals surface area contributed by atoms with E-state index in [-0.39, 0.29) is 113 Å². The molecule has 75 heavy (non-hydrogen) atoms. The Balaban J connectivity index is 0.919. The molecule has 2 aromatic heterocycles. The van der Waals surface area contributed by atoms with Crippen LogP contribution in [0, 0.1) is 6.92 Å². The molecule has 1 atom stereocenters. The van der Waals surface area contributed by atoms with Gasteiger partial charge in [-0.2, -0.15) is 0 Å². The summed E-state index contributed by atoms with van der Waals surface area (Å²) in [6.45, 7) is 7.55. The predicted octanol–water partition coefficient (Wildman–Crippen LogP) is 0.784. The van der Waals surface area contributed by atoms with Gasteiger partial charge in [0.2, 0.25) is 11.8 Å². The lowest BCUT2D eigenvalue weighted by Gasteiger charge is -2.18. The number of ether oxygens (including phenoxy) is 8. The number of hydrogen-bond donors (Lipinski definition) is 5. The van der Waals surface area contributed by atoms with Crippen LogP contribution in [-0.2, 0) is 78.0 Å². The minimum Gasteiger partial charge on any atom is -0.484 e. The first-order valence-electron chi connectivity index (χ1n) is 24.0. The van der Waals surface area contributed by atoms with Crippen LogP contribution in [0.15, 0.2) is 33.5 Å². The van der Waals surface area contributed by atoms with E-state index >= 15 is 0 Å². The van der Waals surface area contributed by atoms with Gasteiger partial charge in [0.05, 0.1) is 85.7 Å². The molecular formula is C46H65N7O20S2. The van der Waals surface area contributed by atoms with Crippen LogP contribution in [0.1, 0.15) is 60.7 Å². The van der Waals surface area contributed by atoms with E-state index in [1.165, 1.54) is 19.1 Å². The van der Waals surface area contributed by atoms with Crippen molar-refractivity contribution in [3.05, 3.63) is 45.1 Å². The van der Waals surface area contributed by atoms with Crippen molar-refractivity contribution >= 4 is 85.9 Å². The summed E-state index contributed by atoms with van der Waals surface area (Å²) in [5, 5.41) is 11.9. The van der Waals surface area contributed by atoms with Gasteiger partial charge in [-0.1, -0.05) is 11.3 Å². The molecule has 1 aromatic carbocycles. The van der Waals surface area contributed by atoms with Crippen LogP contribution in [0.2, 0.25) is 0 Å². The summed E-state index contributed by atoms with van der Waals surface area (Å²) >= 11 is -1.26. The molecular weight excluding hydrogens is 1030 g/mol. The van der Waals surface area contributed by atoms with E-state index in [2.05, 4.69) is 26.3 Å². The first-order chi connectivity index (χ1) is 36.2. The number of carbonyl (C=O) groups is 7. The van der Waals surface area contributed by atoms with Gasteiger partial charge in [-0.15, -0.1) is 5.06 Å². The Hall–Kier alpha value is -6.02. The van der Waals surface area contributed by atoms with Gasteiger partial charge in [0.15, 0.2) is 17.6 Å². The van der Waals surface area contributed by atoms with E-state index in [4.69, 9.17) is 47.1 Å². The van der Waals surface area contributed by atoms with E-state index < -0.39 is 46.5 Å². The molecule has 29 heteroatoms. The smallest absolute Gasteiger partial charge is 0.349 e. The average molecular weight is 1100 g/mol. The molecule has 1 aliphatic heterocycles. The first kappa shape index (κ1) is 61.5. The van der Waals surface area contributed by atoms with E-state index in [1.807, 2.05) is 0 Å². The van der Waals surface area contributed by atoms with Gasteiger partial charge >= 0.3 is 11.6 Å². The zero-order chi connectivity index (χ0) is 54.2. The summed E-state index contributed by atoms with van der Waals surface area (Å²) in [6, 6.07) is 6.05. The van der Waals surface area contributed by atoms with Crippen molar-refractivity contribution in [1.82, 2.24) is 26.0 Å². The molecule has 0 radical (unpaired) electrons. The monoisotopic (exact) mass is 1100 g/mol. The number of anilines is 2. The van der Waals surface area contributed by atoms with E-state index in [0.717, 1.165) is 15.6 Å². The number of fused-ring (bicyclic) bond motifs is 1. The molecule has 1 saturated heterocycles. The van der Waals surface area contributed by atoms with Gasteiger partial charge < -0.3 is 68.4 Å². The van der Waals surface area contributed by atoms with Crippen molar-refractivity contribution in [2.75, 3.05) is 135 Å². The maximum absolute atomic E-state index is 12.7. The molecule has 27 nitrogen and oxygen atoms in total. The quantitative estimate of drug-likeness (QED) is 0.0227. The SMILES string of the molecule is CC(=O)Nc1nc(N(CCC(=O)NCCCOCCOCCOCCCNC(=O)c2cc3ccc(OCC(=O)NCCOCCOCCOCCOCCC(=O)ON4C(=O)CCC4=O)cc3oc2=O)S(=O)O)c(C)s1. The zero-order valence-corrected chi connectivity index (χ0v) is 43.5. The van der Waals surface area contributed by atoms with Gasteiger partial charge in [0.25, 0.3) is 34.9 Å². The van der Waals surface area contributed by atoms with Gasteiger partial charge in [-0.3, -0.25) is 37.6 Å². The second kappa shape index (κ2) is 35.3. The Morgan fingerprint density at radius 1 is 0.733 bits per heavy atom. The lowest BCUT2D eigenvalue weighted by Crippen LogP contribution is -2.33. The molecule has 0 bridgehead atoms. The molecule has 1 aliphatic rings. The first-order valence-corrected chi connectivity index (χ1v) is 25.9. The van der Waals surface area contributed by atoms with Gasteiger partial charge in [0, 0.05) is 81.9 Å². The number of nitrogens with zero attached hydrogens (tertiary/aromatic N) is 3. The molecule has 3 heterocycles. The molecule has 0 saturated carbocycles. The third kappa shape index (κ3) is 24.5. The number of rotatable bonds is 40. The number of imide groups is 1. The largest absolute Gasteiger partial charge is 0.484 e.